The summed E-state index contributed by atoms with van der Waals surface area (Å²) < 4.78 is 28.9. The Bertz CT molecular complexity index is 1170. The number of carboxylic acids is 1. The van der Waals surface area contributed by atoms with Crippen LogP contribution >= 0.6 is 34.5 Å². The number of benzene rings is 2. The van der Waals surface area contributed by atoms with Crippen LogP contribution in [0.15, 0.2) is 35.3 Å². The molecule has 1 N–H and O–H groups in total. The van der Waals surface area contributed by atoms with Crippen molar-refractivity contribution in [1.29, 1.82) is 0 Å². The lowest BCUT2D eigenvalue weighted by atomic mass is 10.2. The number of carbonyl (C=O) groups excluding carboxylic acids is 1. The smallest absolute Gasteiger partial charge is 0.326 e. The van der Waals surface area contributed by atoms with E-state index in [9.17, 15) is 23.5 Å². The molecule has 1 aromatic heterocycles. The van der Waals surface area contributed by atoms with E-state index in [1.165, 1.54) is 22.8 Å². The molecule has 0 fully saturated rings. The quantitative estimate of drug-likeness (QED) is 0.610. The minimum atomic E-state index is -1.18. The molecule has 0 spiro atoms. The highest BCUT2D eigenvalue weighted by molar-refractivity contribution is 7.16. The van der Waals surface area contributed by atoms with Gasteiger partial charge in [0.25, 0.3) is 5.91 Å². The summed E-state index contributed by atoms with van der Waals surface area (Å²) in [5.41, 5.74) is 0.276. The lowest BCUT2D eigenvalue weighted by Crippen LogP contribution is -2.27. The van der Waals surface area contributed by atoms with Gasteiger partial charge in [-0.2, -0.15) is 4.99 Å². The number of hydrogen-bond acceptors (Lipinski definition) is 3. The van der Waals surface area contributed by atoms with E-state index in [2.05, 4.69) is 4.99 Å². The van der Waals surface area contributed by atoms with Crippen molar-refractivity contribution in [2.75, 3.05) is 0 Å². The second-order valence-electron chi connectivity index (χ2n) is 5.80. The fourth-order valence-corrected chi connectivity index (χ4v) is 4.04. The fraction of sp³-hybridized carbons (Fsp3) is 0.167. The lowest BCUT2D eigenvalue weighted by Gasteiger charge is -2.13. The van der Waals surface area contributed by atoms with Gasteiger partial charge < -0.3 is 9.67 Å². The van der Waals surface area contributed by atoms with Gasteiger partial charge in [0.05, 0.1) is 20.3 Å². The molecule has 1 unspecified atom stereocenters. The van der Waals surface area contributed by atoms with E-state index in [1.807, 2.05) is 0 Å². The van der Waals surface area contributed by atoms with Crippen molar-refractivity contribution in [2.45, 2.75) is 19.4 Å². The van der Waals surface area contributed by atoms with Gasteiger partial charge in [0.15, 0.2) is 16.4 Å². The number of carboxylic acid groups (broad SMARTS) is 1. The molecule has 0 aliphatic heterocycles. The average molecular weight is 445 g/mol. The molecule has 146 valence electrons. The Labute approximate surface area is 171 Å². The van der Waals surface area contributed by atoms with E-state index in [0.29, 0.717) is 0 Å². The maximum absolute atomic E-state index is 13.8. The average Bonchev–Trinajstić information content (AvgIpc) is 2.95. The number of halogens is 4. The van der Waals surface area contributed by atoms with E-state index >= 15 is 0 Å². The van der Waals surface area contributed by atoms with Crippen molar-refractivity contribution < 1.29 is 23.5 Å². The van der Waals surface area contributed by atoms with Gasteiger partial charge in [-0.25, -0.2) is 13.6 Å². The summed E-state index contributed by atoms with van der Waals surface area (Å²) in [6.07, 6.45) is 0.147. The summed E-state index contributed by atoms with van der Waals surface area (Å²) in [7, 11) is 0. The molecule has 0 aliphatic rings. The maximum Gasteiger partial charge on any atom is 0.326 e. The van der Waals surface area contributed by atoms with Crippen LogP contribution in [0.2, 0.25) is 10.0 Å². The zero-order chi connectivity index (χ0) is 20.6. The first-order valence-corrected chi connectivity index (χ1v) is 9.57. The monoisotopic (exact) mass is 444 g/mol. The van der Waals surface area contributed by atoms with Crippen LogP contribution in [-0.4, -0.2) is 21.6 Å². The van der Waals surface area contributed by atoms with Gasteiger partial charge in [-0.1, -0.05) is 41.5 Å². The highest BCUT2D eigenvalue weighted by Crippen LogP contribution is 2.26. The molecule has 1 atom stereocenters. The molecule has 0 aliphatic carbocycles. The molecule has 2 aromatic carbocycles. The zero-order valence-electron chi connectivity index (χ0n) is 14.2. The molecular formula is C18H12Cl2F2N2O3S. The third kappa shape index (κ3) is 3.80. The Morgan fingerprint density at radius 3 is 2.46 bits per heavy atom. The third-order valence-corrected chi connectivity index (χ3v) is 5.77. The SMILES string of the molecule is CCC(C(=O)O)n1/c(=N/C(=O)c2ccc(Cl)c(Cl)c2)sc2cc(F)c(F)cc21. The number of rotatable bonds is 4. The van der Waals surface area contributed by atoms with Crippen molar-refractivity contribution in [3.8, 4) is 0 Å². The van der Waals surface area contributed by atoms with Crippen LogP contribution in [0.4, 0.5) is 8.78 Å². The summed E-state index contributed by atoms with van der Waals surface area (Å²) in [5, 5.41) is 9.95. The largest absolute Gasteiger partial charge is 0.480 e. The highest BCUT2D eigenvalue weighted by atomic mass is 35.5. The zero-order valence-corrected chi connectivity index (χ0v) is 16.6. The molecule has 0 saturated carbocycles. The lowest BCUT2D eigenvalue weighted by molar-refractivity contribution is -0.140. The number of nitrogens with zero attached hydrogens (tertiary/aromatic N) is 2. The van der Waals surface area contributed by atoms with E-state index in [4.69, 9.17) is 23.2 Å². The molecule has 3 aromatic rings. The second kappa shape index (κ2) is 7.98. The van der Waals surface area contributed by atoms with Crippen LogP contribution in [-0.2, 0) is 4.79 Å². The summed E-state index contributed by atoms with van der Waals surface area (Å²) in [4.78, 5) is 28.2. The van der Waals surface area contributed by atoms with E-state index in [0.717, 1.165) is 23.5 Å². The van der Waals surface area contributed by atoms with E-state index in [1.54, 1.807) is 6.92 Å². The molecule has 28 heavy (non-hydrogen) atoms. The summed E-state index contributed by atoms with van der Waals surface area (Å²) in [5.74, 6) is -4.08. The predicted molar refractivity (Wildman–Crippen MR) is 103 cm³/mol. The second-order valence-corrected chi connectivity index (χ2v) is 7.62. The summed E-state index contributed by atoms with van der Waals surface area (Å²) in [6, 6.07) is 4.92. The number of hydrogen-bond donors (Lipinski definition) is 1. The minimum Gasteiger partial charge on any atom is -0.480 e. The number of aliphatic carboxylic acids is 1. The first-order chi connectivity index (χ1) is 13.2. The van der Waals surface area contributed by atoms with Gasteiger partial charge in [-0.15, -0.1) is 0 Å². The van der Waals surface area contributed by atoms with Gasteiger partial charge in [0, 0.05) is 11.6 Å². The molecule has 10 heteroatoms. The van der Waals surface area contributed by atoms with Gasteiger partial charge in [0.2, 0.25) is 0 Å². The molecule has 3 rings (SSSR count). The van der Waals surface area contributed by atoms with Crippen molar-refractivity contribution in [3.05, 3.63) is 62.4 Å². The third-order valence-electron chi connectivity index (χ3n) is 4.02. The van der Waals surface area contributed by atoms with Crippen LogP contribution in [0.25, 0.3) is 10.2 Å². The Morgan fingerprint density at radius 1 is 1.18 bits per heavy atom. The highest BCUT2D eigenvalue weighted by Gasteiger charge is 2.23. The van der Waals surface area contributed by atoms with Crippen molar-refractivity contribution in [1.82, 2.24) is 4.57 Å². The van der Waals surface area contributed by atoms with E-state index < -0.39 is 29.6 Å². The van der Waals surface area contributed by atoms with Crippen LogP contribution in [0.3, 0.4) is 0 Å². The summed E-state index contributed by atoms with van der Waals surface area (Å²) in [6.45, 7) is 1.62. The molecule has 0 saturated heterocycles. The van der Waals surface area contributed by atoms with Gasteiger partial charge >= 0.3 is 5.97 Å². The van der Waals surface area contributed by atoms with E-state index in [-0.39, 0.29) is 37.0 Å². The number of thiazole rings is 1. The standard InChI is InChI=1S/C18H12Cl2F2N2O3S/c1-2-13(17(26)27)24-14-6-11(21)12(22)7-15(14)28-18(24)23-16(25)8-3-4-9(19)10(20)5-8/h3-7,13H,2H2,1H3,(H,26,27)/b23-18-. The number of aromatic nitrogens is 1. The Balaban J connectivity index is 2.26. The normalized spacial score (nSPS) is 13.1. The molecule has 1 amide bonds. The Kier molecular flexibility index (Phi) is 5.83. The van der Waals surface area contributed by atoms with Crippen LogP contribution < -0.4 is 4.80 Å². The molecular weight excluding hydrogens is 433 g/mol. The Morgan fingerprint density at radius 2 is 1.86 bits per heavy atom. The number of carbonyl (C=O) groups is 2. The predicted octanol–water partition coefficient (Wildman–Crippen LogP) is 5.06. The number of amides is 1. The van der Waals surface area contributed by atoms with Crippen LogP contribution in [0.1, 0.15) is 29.7 Å². The van der Waals surface area contributed by atoms with Crippen molar-refractivity contribution >= 4 is 56.6 Å². The summed E-state index contributed by atoms with van der Waals surface area (Å²) >= 11 is 12.6. The molecule has 5 nitrogen and oxygen atoms in total. The fourth-order valence-electron chi connectivity index (χ4n) is 2.66. The van der Waals surface area contributed by atoms with Gasteiger partial charge in [-0.05, 0) is 30.7 Å². The molecule has 0 radical (unpaired) electrons. The topological polar surface area (TPSA) is 71.7 Å². The van der Waals surface area contributed by atoms with Crippen LogP contribution in [0.5, 0.6) is 0 Å². The van der Waals surface area contributed by atoms with Crippen molar-refractivity contribution in [2.24, 2.45) is 4.99 Å². The van der Waals surface area contributed by atoms with Crippen LogP contribution in [0, 0.1) is 11.6 Å². The Hall–Kier alpha value is -2.29. The first-order valence-electron chi connectivity index (χ1n) is 8.00. The molecule has 1 heterocycles. The number of fused-ring (bicyclic) bond motifs is 1. The van der Waals surface area contributed by atoms with Crippen molar-refractivity contribution in [3.63, 3.8) is 0 Å². The maximum atomic E-state index is 13.8. The van der Waals surface area contributed by atoms with Gasteiger partial charge in [0.1, 0.15) is 6.04 Å². The first kappa shape index (κ1) is 20.4. The minimum absolute atomic E-state index is 0.00493. The van der Waals surface area contributed by atoms with Gasteiger partial charge in [-0.3, -0.25) is 4.79 Å². The molecule has 0 bridgehead atoms.